The number of hydrogen-bond acceptors (Lipinski definition) is 4. The molecule has 1 amide bonds. The average Bonchev–Trinajstić information content (AvgIpc) is 3.01. The van der Waals surface area contributed by atoms with E-state index in [0.29, 0.717) is 5.56 Å². The molecule has 0 fully saturated rings. The predicted molar refractivity (Wildman–Crippen MR) is 95.9 cm³/mol. The molecule has 4 nitrogen and oxygen atoms in total. The number of anilines is 1. The molecule has 25 heavy (non-hydrogen) atoms. The molecule has 1 aliphatic carbocycles. The van der Waals surface area contributed by atoms with Crippen LogP contribution in [-0.2, 0) is 22.4 Å². The zero-order chi connectivity index (χ0) is 18.0. The van der Waals surface area contributed by atoms with Crippen molar-refractivity contribution in [1.82, 2.24) is 0 Å². The molecule has 0 spiro atoms. The van der Waals surface area contributed by atoms with Crippen LogP contribution in [0.4, 0.5) is 10.1 Å². The maximum Gasteiger partial charge on any atom is 0.340 e. The number of halogens is 2. The van der Waals surface area contributed by atoms with Gasteiger partial charge in [-0.25, -0.2) is 9.18 Å². The van der Waals surface area contributed by atoms with Crippen LogP contribution < -0.4 is 5.32 Å². The van der Waals surface area contributed by atoms with Gasteiger partial charge in [-0.15, -0.1) is 11.3 Å². The SMILES string of the molecule is CC(OC(=O)c1csc2c1CCCC2)C(=O)Nc1ccc(Cl)cc1F. The summed E-state index contributed by atoms with van der Waals surface area (Å²) >= 11 is 7.24. The number of fused-ring (bicyclic) bond motifs is 1. The molecule has 1 N–H and O–H groups in total. The predicted octanol–water partition coefficient (Wildman–Crippen LogP) is 4.60. The summed E-state index contributed by atoms with van der Waals surface area (Å²) in [4.78, 5) is 25.7. The Bertz CT molecular complexity index is 821. The Morgan fingerprint density at radius 2 is 2.08 bits per heavy atom. The first-order valence-electron chi connectivity index (χ1n) is 8.02. The van der Waals surface area contributed by atoms with Crippen LogP contribution in [0.5, 0.6) is 0 Å². The Hall–Kier alpha value is -1.92. The molecule has 132 valence electrons. The minimum Gasteiger partial charge on any atom is -0.449 e. The topological polar surface area (TPSA) is 55.4 Å². The van der Waals surface area contributed by atoms with Gasteiger partial charge in [0.1, 0.15) is 5.82 Å². The maximum atomic E-state index is 13.7. The Morgan fingerprint density at radius 3 is 2.84 bits per heavy atom. The lowest BCUT2D eigenvalue weighted by molar-refractivity contribution is -0.123. The van der Waals surface area contributed by atoms with Crippen LogP contribution in [-0.4, -0.2) is 18.0 Å². The van der Waals surface area contributed by atoms with Crippen LogP contribution in [0.15, 0.2) is 23.6 Å². The molecular weight excluding hydrogens is 365 g/mol. The fourth-order valence-electron chi connectivity index (χ4n) is 2.77. The molecule has 2 aromatic rings. The monoisotopic (exact) mass is 381 g/mol. The number of thiophene rings is 1. The fraction of sp³-hybridized carbons (Fsp3) is 0.333. The van der Waals surface area contributed by atoms with Crippen LogP contribution in [0.2, 0.25) is 5.02 Å². The van der Waals surface area contributed by atoms with Crippen molar-refractivity contribution in [1.29, 1.82) is 0 Å². The van der Waals surface area contributed by atoms with Crippen LogP contribution in [0, 0.1) is 5.82 Å². The van der Waals surface area contributed by atoms with Gasteiger partial charge in [0.05, 0.1) is 11.3 Å². The van der Waals surface area contributed by atoms with E-state index in [1.54, 1.807) is 16.7 Å². The van der Waals surface area contributed by atoms with Gasteiger partial charge < -0.3 is 10.1 Å². The number of carbonyl (C=O) groups excluding carboxylic acids is 2. The molecule has 0 bridgehead atoms. The Balaban J connectivity index is 1.65. The standard InChI is InChI=1S/C18H17ClFNO3S/c1-10(17(22)21-15-7-6-11(19)8-14(15)20)24-18(23)13-9-25-16-5-3-2-4-12(13)16/h6-10H,2-5H2,1H3,(H,21,22). The number of carbonyl (C=O) groups is 2. The van der Waals surface area contributed by atoms with Gasteiger partial charge >= 0.3 is 5.97 Å². The third kappa shape index (κ3) is 4.02. The van der Waals surface area contributed by atoms with Crippen molar-refractivity contribution in [2.45, 2.75) is 38.7 Å². The van der Waals surface area contributed by atoms with E-state index in [2.05, 4.69) is 5.32 Å². The van der Waals surface area contributed by atoms with Gasteiger partial charge in [0, 0.05) is 15.3 Å². The minimum atomic E-state index is -1.04. The first kappa shape index (κ1) is 17.9. The molecule has 1 heterocycles. The molecule has 1 aromatic carbocycles. The molecule has 3 rings (SSSR count). The van der Waals surface area contributed by atoms with E-state index in [-0.39, 0.29) is 10.7 Å². The zero-order valence-corrected chi connectivity index (χ0v) is 15.2. The number of benzene rings is 1. The Morgan fingerprint density at radius 1 is 1.32 bits per heavy atom. The summed E-state index contributed by atoms with van der Waals surface area (Å²) in [6.45, 7) is 1.46. The molecule has 1 aromatic heterocycles. The van der Waals surface area contributed by atoms with E-state index in [1.807, 2.05) is 0 Å². The van der Waals surface area contributed by atoms with Gasteiger partial charge in [0.2, 0.25) is 0 Å². The van der Waals surface area contributed by atoms with E-state index < -0.39 is 23.8 Å². The number of nitrogens with one attached hydrogen (secondary N) is 1. The van der Waals surface area contributed by atoms with Crippen molar-refractivity contribution in [3.8, 4) is 0 Å². The second-order valence-electron chi connectivity index (χ2n) is 5.92. The number of hydrogen-bond donors (Lipinski definition) is 1. The number of aryl methyl sites for hydroxylation is 1. The number of ether oxygens (including phenoxy) is 1. The molecule has 1 aliphatic rings. The molecule has 0 radical (unpaired) electrons. The van der Waals surface area contributed by atoms with Gasteiger partial charge in [-0.05, 0) is 56.4 Å². The summed E-state index contributed by atoms with van der Waals surface area (Å²) in [7, 11) is 0. The highest BCUT2D eigenvalue weighted by Gasteiger charge is 2.25. The van der Waals surface area contributed by atoms with Crippen molar-refractivity contribution < 1.29 is 18.7 Å². The number of rotatable bonds is 4. The van der Waals surface area contributed by atoms with Crippen molar-refractivity contribution >= 4 is 40.5 Å². The molecular formula is C18H17ClFNO3S. The van der Waals surface area contributed by atoms with Crippen molar-refractivity contribution in [2.75, 3.05) is 5.32 Å². The lowest BCUT2D eigenvalue weighted by atomic mass is 9.96. The summed E-state index contributed by atoms with van der Waals surface area (Å²) in [5.74, 6) is -1.76. The van der Waals surface area contributed by atoms with Crippen LogP contribution in [0.1, 0.15) is 40.6 Å². The molecule has 0 saturated carbocycles. The zero-order valence-electron chi connectivity index (χ0n) is 13.6. The smallest absolute Gasteiger partial charge is 0.340 e. The molecule has 1 atom stereocenters. The normalized spacial score (nSPS) is 14.5. The Labute approximate surface area is 153 Å². The van der Waals surface area contributed by atoms with Gasteiger partial charge in [0.15, 0.2) is 6.10 Å². The lowest BCUT2D eigenvalue weighted by Gasteiger charge is -2.16. The first-order valence-corrected chi connectivity index (χ1v) is 9.27. The number of amides is 1. The quantitative estimate of drug-likeness (QED) is 0.787. The first-order chi connectivity index (χ1) is 12.0. The Kier molecular flexibility index (Phi) is 5.39. The van der Waals surface area contributed by atoms with Crippen LogP contribution in [0.25, 0.3) is 0 Å². The summed E-state index contributed by atoms with van der Waals surface area (Å²) in [6, 6.07) is 3.93. The van der Waals surface area contributed by atoms with Gasteiger partial charge in [-0.2, -0.15) is 0 Å². The summed E-state index contributed by atoms with van der Waals surface area (Å²) < 4.78 is 19.0. The minimum absolute atomic E-state index is 0.00906. The molecule has 1 unspecified atom stereocenters. The highest BCUT2D eigenvalue weighted by Crippen LogP contribution is 2.30. The highest BCUT2D eigenvalue weighted by molar-refractivity contribution is 7.10. The van der Waals surface area contributed by atoms with Crippen LogP contribution >= 0.6 is 22.9 Å². The van der Waals surface area contributed by atoms with Crippen LogP contribution in [0.3, 0.4) is 0 Å². The van der Waals surface area contributed by atoms with E-state index in [0.717, 1.165) is 37.3 Å². The van der Waals surface area contributed by atoms with E-state index in [1.165, 1.54) is 23.9 Å². The molecule has 7 heteroatoms. The largest absolute Gasteiger partial charge is 0.449 e. The van der Waals surface area contributed by atoms with Gasteiger partial charge in [0.25, 0.3) is 5.91 Å². The third-order valence-electron chi connectivity index (χ3n) is 4.12. The van der Waals surface area contributed by atoms with E-state index >= 15 is 0 Å². The second-order valence-corrected chi connectivity index (χ2v) is 7.32. The maximum absolute atomic E-state index is 13.7. The number of esters is 1. The molecule has 0 aliphatic heterocycles. The third-order valence-corrected chi connectivity index (χ3v) is 5.45. The summed E-state index contributed by atoms with van der Waals surface area (Å²) in [6.07, 6.45) is 2.99. The van der Waals surface area contributed by atoms with Gasteiger partial charge in [-0.1, -0.05) is 11.6 Å². The van der Waals surface area contributed by atoms with Gasteiger partial charge in [-0.3, -0.25) is 4.79 Å². The fourth-order valence-corrected chi connectivity index (χ4v) is 4.04. The van der Waals surface area contributed by atoms with Crippen molar-refractivity contribution in [3.05, 3.63) is 50.4 Å². The molecule has 0 saturated heterocycles. The lowest BCUT2D eigenvalue weighted by Crippen LogP contribution is -2.30. The average molecular weight is 382 g/mol. The van der Waals surface area contributed by atoms with Crippen molar-refractivity contribution in [3.63, 3.8) is 0 Å². The summed E-state index contributed by atoms with van der Waals surface area (Å²) in [5.41, 5.74) is 1.57. The van der Waals surface area contributed by atoms with E-state index in [9.17, 15) is 14.0 Å². The van der Waals surface area contributed by atoms with Crippen molar-refractivity contribution in [2.24, 2.45) is 0 Å². The highest BCUT2D eigenvalue weighted by atomic mass is 35.5. The summed E-state index contributed by atoms with van der Waals surface area (Å²) in [5, 5.41) is 4.43. The van der Waals surface area contributed by atoms with E-state index in [4.69, 9.17) is 16.3 Å². The second kappa shape index (κ2) is 7.54.